The van der Waals surface area contributed by atoms with Gasteiger partial charge in [0, 0.05) is 59.7 Å². The van der Waals surface area contributed by atoms with Gasteiger partial charge in [-0.1, -0.05) is 56.4 Å². The second kappa shape index (κ2) is 17.9. The normalized spacial score (nSPS) is 30.2. The first-order valence-corrected chi connectivity index (χ1v) is 17.2. The van der Waals surface area contributed by atoms with Crippen LogP contribution in [0.2, 0.25) is 0 Å². The number of aliphatic hydroxyl groups excluding tert-OH is 1. The van der Waals surface area contributed by atoms with Crippen molar-refractivity contribution in [3.05, 3.63) is 88.8 Å². The molecule has 0 fully saturated rings. The number of hydrogen-bond acceptors (Lipinski definition) is 11. The molecule has 0 aromatic heterocycles. The Labute approximate surface area is 308 Å². The number of hydrogen-bond donors (Lipinski definition) is 4. The van der Waals surface area contributed by atoms with E-state index in [-0.39, 0.29) is 47.0 Å². The Kier molecular flexibility index (Phi) is 13.6. The molecule has 0 radical (unpaired) electrons. The van der Waals surface area contributed by atoms with Gasteiger partial charge in [0.2, 0.25) is 17.3 Å². The van der Waals surface area contributed by atoms with Crippen LogP contribution in [0, 0.1) is 11.8 Å². The van der Waals surface area contributed by atoms with Crippen LogP contribution < -0.4 is 16.4 Å². The second-order valence-electron chi connectivity index (χ2n) is 13.3. The van der Waals surface area contributed by atoms with Gasteiger partial charge in [0.25, 0.3) is 17.5 Å². The van der Waals surface area contributed by atoms with Crippen LogP contribution in [-0.2, 0) is 33.4 Å². The van der Waals surface area contributed by atoms with Crippen molar-refractivity contribution in [1.29, 1.82) is 0 Å². The van der Waals surface area contributed by atoms with E-state index in [9.17, 15) is 29.1 Å². The number of methoxy groups -OCH3 is 2. The third kappa shape index (κ3) is 9.94. The molecule has 2 aliphatic heterocycles. The molecule has 1 aromatic carbocycles. The quantitative estimate of drug-likeness (QED) is 0.192. The fourth-order valence-corrected chi connectivity index (χ4v) is 6.25. The molecule has 4 rings (SSSR count). The number of primary amides is 1. The molecule has 2 heterocycles. The Morgan fingerprint density at radius 2 is 1.75 bits per heavy atom. The topological polar surface area (TPSA) is 211 Å². The summed E-state index contributed by atoms with van der Waals surface area (Å²) in [6.45, 7) is 8.48. The summed E-state index contributed by atoms with van der Waals surface area (Å²) < 4.78 is 16.7. The van der Waals surface area contributed by atoms with Crippen molar-refractivity contribution in [3.63, 3.8) is 0 Å². The van der Waals surface area contributed by atoms with Crippen molar-refractivity contribution >= 4 is 40.9 Å². The molecule has 5 N–H and O–H groups in total. The Hall–Kier alpha value is -5.38. The summed E-state index contributed by atoms with van der Waals surface area (Å²) in [4.78, 5) is 67.7. The zero-order valence-corrected chi connectivity index (χ0v) is 30.9. The third-order valence-corrected chi connectivity index (χ3v) is 9.13. The van der Waals surface area contributed by atoms with Gasteiger partial charge < -0.3 is 35.7 Å². The molecule has 0 saturated heterocycles. The minimum atomic E-state index is -1.06. The van der Waals surface area contributed by atoms with Gasteiger partial charge in [-0.05, 0) is 45.1 Å². The molecule has 7 atom stereocenters. The van der Waals surface area contributed by atoms with E-state index in [0.29, 0.717) is 11.3 Å². The first-order valence-electron chi connectivity index (χ1n) is 17.2. The number of para-hydroxylation sites is 1. The maximum absolute atomic E-state index is 14.0. The number of Topliss-reactive ketones (excluding diaryl/α,β-unsaturated/α-hetero) is 1. The second-order valence-corrected chi connectivity index (χ2v) is 13.3. The fourth-order valence-electron chi connectivity index (χ4n) is 6.25. The Morgan fingerprint density at radius 3 is 2.40 bits per heavy atom. The van der Waals surface area contributed by atoms with E-state index in [1.807, 2.05) is 13.0 Å². The maximum Gasteiger partial charge on any atom is 0.405 e. The molecular weight excluding hydrogens is 684 g/mol. The minimum Gasteiger partial charge on any atom is -0.439 e. The highest BCUT2D eigenvalue weighted by Crippen LogP contribution is 2.29. The predicted molar refractivity (Wildman–Crippen MR) is 193 cm³/mol. The van der Waals surface area contributed by atoms with Gasteiger partial charge in [-0.2, -0.15) is 0 Å². The van der Waals surface area contributed by atoms with Gasteiger partial charge in [-0.3, -0.25) is 19.2 Å². The highest BCUT2D eigenvalue weighted by Gasteiger charge is 2.38. The number of rotatable bonds is 6. The SMILES string of the molecule is COC1/C=C\C=C(/C)C(=O)NC2=CC(=O)C(NC(=O)C3=N[N+](c4ccccc4)=NC3C)=C(CC(C)CC(OC)C(O)C(C)/C=C(\C)C1OC(N)=O)C2=O. The number of aliphatic hydroxyl groups is 1. The predicted octanol–water partition coefficient (Wildman–Crippen LogP) is 3.43. The molecular formula is C38H47N6O9+. The van der Waals surface area contributed by atoms with Crippen molar-refractivity contribution < 1.29 is 48.1 Å². The highest BCUT2D eigenvalue weighted by atomic mass is 16.6. The van der Waals surface area contributed by atoms with E-state index in [2.05, 4.69) is 20.8 Å². The first-order chi connectivity index (χ1) is 25.1. The van der Waals surface area contributed by atoms with Crippen LogP contribution in [0.1, 0.15) is 47.5 Å². The van der Waals surface area contributed by atoms with Gasteiger partial charge >= 0.3 is 6.09 Å². The molecule has 1 aromatic rings. The molecule has 0 saturated carbocycles. The van der Waals surface area contributed by atoms with Crippen LogP contribution in [0.3, 0.4) is 0 Å². The van der Waals surface area contributed by atoms with Gasteiger partial charge in [0.05, 0.1) is 28.4 Å². The first kappa shape index (κ1) is 40.4. The lowest BCUT2D eigenvalue weighted by atomic mass is 9.85. The molecule has 3 aliphatic rings. The van der Waals surface area contributed by atoms with E-state index >= 15 is 0 Å². The lowest BCUT2D eigenvalue weighted by Gasteiger charge is -2.30. The van der Waals surface area contributed by atoms with Crippen LogP contribution in [0.4, 0.5) is 10.5 Å². The summed E-state index contributed by atoms with van der Waals surface area (Å²) in [5.41, 5.74) is 6.22. The van der Waals surface area contributed by atoms with Crippen LogP contribution >= 0.6 is 0 Å². The number of nitrogens with one attached hydrogen (secondary N) is 2. The molecule has 53 heavy (non-hydrogen) atoms. The van der Waals surface area contributed by atoms with Crippen molar-refractivity contribution in [1.82, 2.24) is 10.6 Å². The zero-order chi connectivity index (χ0) is 39.0. The third-order valence-electron chi connectivity index (χ3n) is 9.13. The summed E-state index contributed by atoms with van der Waals surface area (Å²) in [7, 11) is 2.86. The fraction of sp³-hybridized carbons (Fsp3) is 0.421. The summed E-state index contributed by atoms with van der Waals surface area (Å²) in [5, 5.41) is 25.3. The lowest BCUT2D eigenvalue weighted by molar-refractivity contribution is -0.513. The number of benzene rings is 1. The molecule has 2 bridgehead atoms. The summed E-state index contributed by atoms with van der Waals surface area (Å²) in [6, 6.07) is 8.35. The number of allylic oxidation sites excluding steroid dienone is 4. The van der Waals surface area contributed by atoms with Gasteiger partial charge in [0.15, 0.2) is 12.1 Å². The van der Waals surface area contributed by atoms with Crippen LogP contribution in [0.15, 0.2) is 99.0 Å². The number of nitrogens with zero attached hydrogens (tertiary/aromatic N) is 3. The molecule has 7 unspecified atom stereocenters. The van der Waals surface area contributed by atoms with E-state index in [4.69, 9.17) is 19.9 Å². The zero-order valence-electron chi connectivity index (χ0n) is 30.9. The number of carbonyl (C=O) groups excluding carboxylic acids is 5. The smallest absolute Gasteiger partial charge is 0.405 e. The summed E-state index contributed by atoms with van der Waals surface area (Å²) in [5.74, 6) is -3.65. The molecule has 282 valence electrons. The molecule has 0 spiro atoms. The molecule has 15 nitrogen and oxygen atoms in total. The molecule has 3 amide bonds. The van der Waals surface area contributed by atoms with Crippen molar-refractivity contribution in [3.8, 4) is 0 Å². The van der Waals surface area contributed by atoms with Crippen LogP contribution in [0.5, 0.6) is 0 Å². The van der Waals surface area contributed by atoms with Crippen molar-refractivity contribution in [2.24, 2.45) is 27.8 Å². The van der Waals surface area contributed by atoms with Crippen molar-refractivity contribution in [2.45, 2.75) is 77.9 Å². The van der Waals surface area contributed by atoms with E-state index in [0.717, 1.165) is 6.08 Å². The number of amides is 3. The van der Waals surface area contributed by atoms with E-state index in [1.165, 1.54) is 38.1 Å². The summed E-state index contributed by atoms with van der Waals surface area (Å²) in [6.07, 6.45) is 2.82. The lowest BCUT2D eigenvalue weighted by Crippen LogP contribution is -2.41. The average molecular weight is 732 g/mol. The number of fused-ring (bicyclic) bond motifs is 2. The number of azo groups is 1. The average Bonchev–Trinajstić information content (AvgIpc) is 3.52. The number of ether oxygens (including phenoxy) is 3. The van der Waals surface area contributed by atoms with Gasteiger partial charge in [-0.15, -0.1) is 0 Å². The minimum absolute atomic E-state index is 0.0205. The number of ketones is 2. The van der Waals surface area contributed by atoms with Gasteiger partial charge in [0.1, 0.15) is 6.10 Å². The largest absolute Gasteiger partial charge is 0.439 e. The number of hydrazone groups is 1. The molecule has 1 aliphatic carbocycles. The number of carbonyl (C=O) groups is 5. The maximum atomic E-state index is 14.0. The Bertz CT molecular complexity index is 1840. The van der Waals surface area contributed by atoms with Crippen molar-refractivity contribution in [2.75, 3.05) is 14.2 Å². The Morgan fingerprint density at radius 1 is 1.06 bits per heavy atom. The standard InChI is InChI=1S/C38H46N6O9/c1-20-16-26-32(41-37(49)31-24(5)42-44(43-31)25-13-9-8-10-14-25)28(45)19-27(34(26)47)40-36(48)21(2)12-11-15-29(51-6)35(53-38(39)50)23(4)18-22(3)33(46)30(17-20)52-7/h8-15,18-20,22,24,29-30,33,35,46H,16-17H2,1-7H3,(H3-,39,40,41,45,47,48,49,50)/p+1/b15-11-,21-12+,23-18+. The molecule has 15 heteroatoms. The summed E-state index contributed by atoms with van der Waals surface area (Å²) >= 11 is 0. The number of nitrogens with two attached hydrogens (primary N) is 1. The van der Waals surface area contributed by atoms with E-state index < -0.39 is 65.8 Å². The Balaban J connectivity index is 1.73. The monoisotopic (exact) mass is 731 g/mol. The van der Waals surface area contributed by atoms with Crippen LogP contribution in [-0.4, -0.2) is 89.8 Å². The van der Waals surface area contributed by atoms with E-state index in [1.54, 1.807) is 57.2 Å². The van der Waals surface area contributed by atoms with Crippen LogP contribution in [0.25, 0.3) is 0 Å². The van der Waals surface area contributed by atoms with Gasteiger partial charge in [-0.25, -0.2) is 4.79 Å². The highest BCUT2D eigenvalue weighted by molar-refractivity contribution is 6.42.